The second-order valence-corrected chi connectivity index (χ2v) is 6.44. The van der Waals surface area contributed by atoms with Crippen LogP contribution in [0.1, 0.15) is 34.6 Å². The van der Waals surface area contributed by atoms with Gasteiger partial charge in [0.1, 0.15) is 0 Å². The lowest BCUT2D eigenvalue weighted by Crippen LogP contribution is -2.56. The third-order valence-electron chi connectivity index (χ3n) is 4.59. The third-order valence-corrected chi connectivity index (χ3v) is 4.59. The molecule has 0 aromatic heterocycles. The van der Waals surface area contributed by atoms with Crippen molar-refractivity contribution in [1.82, 2.24) is 5.32 Å². The molecule has 2 N–H and O–H groups in total. The fraction of sp³-hybridized carbons (Fsp3) is 0.846. The first kappa shape index (κ1) is 15.0. The van der Waals surface area contributed by atoms with Crippen LogP contribution in [0.25, 0.3) is 0 Å². The predicted octanol–water partition coefficient (Wildman–Crippen LogP) is 1.27. The summed E-state index contributed by atoms with van der Waals surface area (Å²) in [7, 11) is 1.42. The molecule has 0 spiro atoms. The standard InChI is InChI=1S/C13H23NO4/c1-11(2)8(12(11,3)4)9(15)14-13(5,7-18-6)10(16)17/h8H,7H2,1-6H3,(H,14,15)(H,16,17). The molecule has 1 atom stereocenters. The second-order valence-electron chi connectivity index (χ2n) is 6.44. The molecule has 1 rings (SSSR count). The molecule has 104 valence electrons. The molecule has 1 fully saturated rings. The molecule has 1 amide bonds. The highest BCUT2D eigenvalue weighted by molar-refractivity contribution is 5.90. The van der Waals surface area contributed by atoms with E-state index < -0.39 is 11.5 Å². The Labute approximate surface area is 108 Å². The zero-order valence-electron chi connectivity index (χ0n) is 12.0. The Morgan fingerprint density at radius 1 is 1.28 bits per heavy atom. The molecule has 0 heterocycles. The minimum Gasteiger partial charge on any atom is -0.479 e. The fourth-order valence-electron chi connectivity index (χ4n) is 2.64. The molecule has 18 heavy (non-hydrogen) atoms. The summed E-state index contributed by atoms with van der Waals surface area (Å²) in [6.45, 7) is 9.48. The molecule has 1 aliphatic rings. The average molecular weight is 257 g/mol. The van der Waals surface area contributed by atoms with Crippen molar-refractivity contribution in [3.05, 3.63) is 0 Å². The molecule has 0 saturated heterocycles. The van der Waals surface area contributed by atoms with Gasteiger partial charge in [0.25, 0.3) is 0 Å². The third kappa shape index (κ3) is 2.11. The molecule has 0 aliphatic heterocycles. The normalized spacial score (nSPS) is 24.1. The average Bonchev–Trinajstić information content (AvgIpc) is 2.56. The summed E-state index contributed by atoms with van der Waals surface area (Å²) < 4.78 is 4.88. The van der Waals surface area contributed by atoms with Crippen LogP contribution in [0.2, 0.25) is 0 Å². The van der Waals surface area contributed by atoms with Gasteiger partial charge in [-0.05, 0) is 17.8 Å². The number of carboxylic acids is 1. The smallest absolute Gasteiger partial charge is 0.331 e. The molecule has 0 aromatic carbocycles. The van der Waals surface area contributed by atoms with E-state index in [1.807, 2.05) is 27.7 Å². The highest BCUT2D eigenvalue weighted by atomic mass is 16.5. The van der Waals surface area contributed by atoms with Gasteiger partial charge in [-0.15, -0.1) is 0 Å². The van der Waals surface area contributed by atoms with Gasteiger partial charge in [0.2, 0.25) is 5.91 Å². The van der Waals surface area contributed by atoms with Crippen molar-refractivity contribution >= 4 is 11.9 Å². The van der Waals surface area contributed by atoms with Crippen LogP contribution in [-0.4, -0.2) is 36.2 Å². The maximum atomic E-state index is 12.2. The Balaban J connectivity index is 2.80. The van der Waals surface area contributed by atoms with Gasteiger partial charge in [0, 0.05) is 13.0 Å². The number of carbonyl (C=O) groups is 2. The van der Waals surface area contributed by atoms with E-state index in [0.29, 0.717) is 0 Å². The van der Waals surface area contributed by atoms with Crippen LogP contribution >= 0.6 is 0 Å². The van der Waals surface area contributed by atoms with E-state index in [1.165, 1.54) is 14.0 Å². The number of rotatable bonds is 5. The predicted molar refractivity (Wildman–Crippen MR) is 67.1 cm³/mol. The van der Waals surface area contributed by atoms with Crippen molar-refractivity contribution < 1.29 is 19.4 Å². The number of hydrogen-bond acceptors (Lipinski definition) is 3. The summed E-state index contributed by atoms with van der Waals surface area (Å²) in [6.07, 6.45) is 0. The highest BCUT2D eigenvalue weighted by Gasteiger charge is 2.68. The first-order chi connectivity index (χ1) is 8.00. The Morgan fingerprint density at radius 2 is 1.72 bits per heavy atom. The van der Waals surface area contributed by atoms with E-state index in [1.54, 1.807) is 0 Å². The van der Waals surface area contributed by atoms with Gasteiger partial charge in [-0.1, -0.05) is 27.7 Å². The largest absolute Gasteiger partial charge is 0.479 e. The molecular weight excluding hydrogens is 234 g/mol. The zero-order chi connectivity index (χ0) is 14.4. The summed E-state index contributed by atoms with van der Waals surface area (Å²) in [4.78, 5) is 23.4. The number of hydrogen-bond donors (Lipinski definition) is 2. The summed E-state index contributed by atoms with van der Waals surface area (Å²) in [5.74, 6) is -1.47. The van der Waals surface area contributed by atoms with Gasteiger partial charge >= 0.3 is 5.97 Å². The number of carboxylic acid groups (broad SMARTS) is 1. The second kappa shape index (κ2) is 4.23. The summed E-state index contributed by atoms with van der Waals surface area (Å²) >= 11 is 0. The summed E-state index contributed by atoms with van der Waals surface area (Å²) in [5.41, 5.74) is -1.59. The highest BCUT2D eigenvalue weighted by Crippen LogP contribution is 2.68. The number of methoxy groups -OCH3 is 1. The lowest BCUT2D eigenvalue weighted by atomic mass is 10.0. The number of amides is 1. The van der Waals surface area contributed by atoms with Crippen LogP contribution in [0.5, 0.6) is 0 Å². The maximum Gasteiger partial charge on any atom is 0.331 e. The monoisotopic (exact) mass is 257 g/mol. The first-order valence-corrected chi connectivity index (χ1v) is 6.05. The van der Waals surface area contributed by atoms with Crippen molar-refractivity contribution in [2.75, 3.05) is 13.7 Å². The van der Waals surface area contributed by atoms with Gasteiger partial charge in [0.05, 0.1) is 6.61 Å². The van der Waals surface area contributed by atoms with Crippen molar-refractivity contribution in [2.24, 2.45) is 16.7 Å². The minimum atomic E-state index is -1.37. The maximum absolute atomic E-state index is 12.2. The van der Waals surface area contributed by atoms with Crippen molar-refractivity contribution in [2.45, 2.75) is 40.2 Å². The van der Waals surface area contributed by atoms with E-state index in [2.05, 4.69) is 5.32 Å². The van der Waals surface area contributed by atoms with E-state index in [9.17, 15) is 14.7 Å². The zero-order valence-corrected chi connectivity index (χ0v) is 12.0. The van der Waals surface area contributed by atoms with Gasteiger partial charge < -0.3 is 15.2 Å². The van der Waals surface area contributed by atoms with Crippen molar-refractivity contribution in [3.63, 3.8) is 0 Å². The van der Waals surface area contributed by atoms with Crippen LogP contribution in [0.15, 0.2) is 0 Å². The van der Waals surface area contributed by atoms with E-state index in [-0.39, 0.29) is 29.3 Å². The number of carbonyl (C=O) groups excluding carboxylic acids is 1. The molecule has 5 nitrogen and oxygen atoms in total. The summed E-state index contributed by atoms with van der Waals surface area (Å²) in [6, 6.07) is 0. The quantitative estimate of drug-likeness (QED) is 0.778. The van der Waals surface area contributed by atoms with Crippen LogP contribution in [0, 0.1) is 16.7 Å². The SMILES string of the molecule is COCC(C)(NC(=O)C1C(C)(C)C1(C)C)C(=O)O. The van der Waals surface area contributed by atoms with E-state index in [4.69, 9.17) is 4.74 Å². The molecular formula is C13H23NO4. The molecule has 5 heteroatoms. The first-order valence-electron chi connectivity index (χ1n) is 6.05. The molecule has 0 radical (unpaired) electrons. The lowest BCUT2D eigenvalue weighted by Gasteiger charge is -2.25. The fourth-order valence-corrected chi connectivity index (χ4v) is 2.64. The molecule has 1 saturated carbocycles. The van der Waals surface area contributed by atoms with Crippen LogP contribution < -0.4 is 5.32 Å². The number of aliphatic carboxylic acids is 1. The van der Waals surface area contributed by atoms with E-state index in [0.717, 1.165) is 0 Å². The Hall–Kier alpha value is -1.10. The van der Waals surface area contributed by atoms with Gasteiger partial charge in [-0.25, -0.2) is 4.79 Å². The van der Waals surface area contributed by atoms with E-state index >= 15 is 0 Å². The van der Waals surface area contributed by atoms with Gasteiger partial charge in [-0.3, -0.25) is 4.79 Å². The minimum absolute atomic E-state index is 0.0539. The van der Waals surface area contributed by atoms with Gasteiger partial charge in [0.15, 0.2) is 5.54 Å². The van der Waals surface area contributed by atoms with Gasteiger partial charge in [-0.2, -0.15) is 0 Å². The molecule has 0 bridgehead atoms. The molecule has 1 aliphatic carbocycles. The van der Waals surface area contributed by atoms with Crippen molar-refractivity contribution in [3.8, 4) is 0 Å². The number of nitrogens with one attached hydrogen (secondary N) is 1. The van der Waals surface area contributed by atoms with Crippen LogP contribution in [0.3, 0.4) is 0 Å². The topological polar surface area (TPSA) is 75.6 Å². The van der Waals surface area contributed by atoms with Crippen molar-refractivity contribution in [1.29, 1.82) is 0 Å². The Kier molecular flexibility index (Phi) is 3.51. The Bertz CT molecular complexity index is 361. The van der Waals surface area contributed by atoms with Crippen LogP contribution in [-0.2, 0) is 14.3 Å². The summed E-state index contributed by atoms with van der Waals surface area (Å²) in [5, 5.41) is 11.8. The molecule has 1 unspecified atom stereocenters. The Morgan fingerprint density at radius 3 is 2.00 bits per heavy atom. The molecule has 0 aromatic rings. The lowest BCUT2D eigenvalue weighted by molar-refractivity contribution is -0.149. The van der Waals surface area contributed by atoms with Crippen LogP contribution in [0.4, 0.5) is 0 Å². The number of ether oxygens (including phenoxy) is 1.